The van der Waals surface area contributed by atoms with Gasteiger partial charge in [0.2, 0.25) is 0 Å². The second-order valence-corrected chi connectivity index (χ2v) is 7.84. The van der Waals surface area contributed by atoms with Crippen LogP contribution < -0.4 is 0 Å². The molecule has 5 heteroatoms. The molecule has 0 spiro atoms. The Morgan fingerprint density at radius 3 is 2.15 bits per heavy atom. The lowest BCUT2D eigenvalue weighted by molar-refractivity contribution is -0.156. The van der Waals surface area contributed by atoms with E-state index in [1.54, 1.807) is 19.1 Å². The van der Waals surface area contributed by atoms with Gasteiger partial charge in [-0.3, -0.25) is 14.4 Å². The second kappa shape index (κ2) is 8.87. The summed E-state index contributed by atoms with van der Waals surface area (Å²) in [5, 5.41) is 21.7. The average molecular weight is 364 g/mol. The molecule has 0 aromatic heterocycles. The standard InChI is InChI=1S/C21H32O5/c1-7-14(6)18(23)17-19(24)15(10-8-12(2)3)21(26,20(17)25)16(22)11-9-13(4)5/h8-9,14-17,22,26H,7,10-11H2,1-6H3/t14?,15-,16-,17?,21+/m1/s1. The highest BCUT2D eigenvalue weighted by Gasteiger charge is 2.64. The number of Topliss-reactive ketones (excluding diaryl/α,β-unsaturated/α-hetero) is 3. The largest absolute Gasteiger partial charge is 0.389 e. The Morgan fingerprint density at radius 2 is 1.69 bits per heavy atom. The van der Waals surface area contributed by atoms with E-state index >= 15 is 0 Å². The lowest BCUT2D eigenvalue weighted by Gasteiger charge is -2.31. The number of aliphatic hydroxyl groups is 2. The van der Waals surface area contributed by atoms with Gasteiger partial charge in [-0.25, -0.2) is 0 Å². The van der Waals surface area contributed by atoms with Crippen molar-refractivity contribution in [2.45, 2.75) is 72.5 Å². The van der Waals surface area contributed by atoms with Gasteiger partial charge in [0.25, 0.3) is 0 Å². The maximum atomic E-state index is 12.9. The van der Waals surface area contributed by atoms with Crippen molar-refractivity contribution in [1.29, 1.82) is 0 Å². The summed E-state index contributed by atoms with van der Waals surface area (Å²) in [5.41, 5.74) is -0.372. The number of hydrogen-bond acceptors (Lipinski definition) is 5. The Kier molecular flexibility index (Phi) is 7.66. The quantitative estimate of drug-likeness (QED) is 0.510. The van der Waals surface area contributed by atoms with Crippen LogP contribution in [0.2, 0.25) is 0 Å². The van der Waals surface area contributed by atoms with E-state index < -0.39 is 46.8 Å². The zero-order valence-electron chi connectivity index (χ0n) is 16.7. The van der Waals surface area contributed by atoms with Crippen molar-refractivity contribution in [3.05, 3.63) is 23.3 Å². The number of aliphatic hydroxyl groups excluding tert-OH is 1. The molecule has 0 radical (unpaired) electrons. The first-order valence-electron chi connectivity index (χ1n) is 9.27. The Bertz CT molecular complexity index is 622. The molecule has 1 saturated carbocycles. The van der Waals surface area contributed by atoms with Gasteiger partial charge in [-0.15, -0.1) is 0 Å². The zero-order chi connectivity index (χ0) is 20.2. The van der Waals surface area contributed by atoms with Crippen LogP contribution in [0.4, 0.5) is 0 Å². The van der Waals surface area contributed by atoms with Gasteiger partial charge in [-0.1, -0.05) is 37.1 Å². The van der Waals surface area contributed by atoms with Crippen molar-refractivity contribution in [3.8, 4) is 0 Å². The Hall–Kier alpha value is -1.59. The minimum absolute atomic E-state index is 0.0490. The van der Waals surface area contributed by atoms with Crippen LogP contribution in [-0.2, 0) is 14.4 Å². The first-order chi connectivity index (χ1) is 12.0. The number of rotatable bonds is 8. The highest BCUT2D eigenvalue weighted by atomic mass is 16.4. The Labute approximate surface area is 156 Å². The van der Waals surface area contributed by atoms with Gasteiger partial charge in [0.05, 0.1) is 12.0 Å². The number of ketones is 3. The summed E-state index contributed by atoms with van der Waals surface area (Å²) in [5.74, 6) is -4.93. The van der Waals surface area contributed by atoms with E-state index in [0.717, 1.165) is 11.1 Å². The van der Waals surface area contributed by atoms with Crippen LogP contribution in [0.5, 0.6) is 0 Å². The molecule has 1 aliphatic rings. The molecule has 5 atom stereocenters. The van der Waals surface area contributed by atoms with Crippen molar-refractivity contribution in [1.82, 2.24) is 0 Å². The van der Waals surface area contributed by atoms with Gasteiger partial charge >= 0.3 is 0 Å². The lowest BCUT2D eigenvalue weighted by atomic mass is 9.80. The van der Waals surface area contributed by atoms with Gasteiger partial charge < -0.3 is 10.2 Å². The fraction of sp³-hybridized carbons (Fsp3) is 0.667. The molecule has 0 amide bonds. The van der Waals surface area contributed by atoms with Crippen molar-refractivity contribution in [2.75, 3.05) is 0 Å². The Balaban J connectivity index is 3.35. The van der Waals surface area contributed by atoms with Crippen LogP contribution in [0.1, 0.15) is 60.8 Å². The topological polar surface area (TPSA) is 91.7 Å². The first-order valence-corrected chi connectivity index (χ1v) is 9.27. The number of carbonyl (C=O) groups is 3. The average Bonchev–Trinajstić information content (AvgIpc) is 2.76. The minimum Gasteiger partial charge on any atom is -0.389 e. The molecule has 2 unspecified atom stereocenters. The molecule has 1 rings (SSSR count). The molecule has 0 aromatic carbocycles. The van der Waals surface area contributed by atoms with Crippen molar-refractivity contribution in [3.63, 3.8) is 0 Å². The van der Waals surface area contributed by atoms with Gasteiger partial charge in [0.15, 0.2) is 23.0 Å². The predicted molar refractivity (Wildman–Crippen MR) is 101 cm³/mol. The third kappa shape index (κ3) is 4.38. The smallest absolute Gasteiger partial charge is 0.185 e. The lowest BCUT2D eigenvalue weighted by Crippen LogP contribution is -2.52. The van der Waals surface area contributed by atoms with E-state index in [0.29, 0.717) is 6.42 Å². The summed E-state index contributed by atoms with van der Waals surface area (Å²) in [6.07, 6.45) is 2.71. The summed E-state index contributed by atoms with van der Waals surface area (Å²) in [6.45, 7) is 10.9. The van der Waals surface area contributed by atoms with E-state index in [1.165, 1.54) is 0 Å². The van der Waals surface area contributed by atoms with Crippen LogP contribution in [0.15, 0.2) is 23.3 Å². The molecule has 0 aromatic rings. The van der Waals surface area contributed by atoms with Gasteiger partial charge in [-0.05, 0) is 47.0 Å². The monoisotopic (exact) mass is 364 g/mol. The summed E-state index contributed by atoms with van der Waals surface area (Å²) >= 11 is 0. The summed E-state index contributed by atoms with van der Waals surface area (Å²) in [7, 11) is 0. The van der Waals surface area contributed by atoms with Gasteiger partial charge in [0, 0.05) is 5.92 Å². The van der Waals surface area contributed by atoms with E-state index in [4.69, 9.17) is 0 Å². The SMILES string of the molecule is CCC(C)C(=O)C1C(=O)[C@@H](CC=C(C)C)[C@](O)([C@H](O)CC=C(C)C)C1=O. The van der Waals surface area contributed by atoms with Crippen molar-refractivity contribution >= 4 is 17.3 Å². The molecule has 2 N–H and O–H groups in total. The second-order valence-electron chi connectivity index (χ2n) is 7.84. The summed E-state index contributed by atoms with van der Waals surface area (Å²) in [4.78, 5) is 38.4. The van der Waals surface area contributed by atoms with E-state index in [2.05, 4.69) is 0 Å². The normalized spacial score (nSPS) is 27.8. The molecule has 0 bridgehead atoms. The van der Waals surface area contributed by atoms with Crippen molar-refractivity contribution < 1.29 is 24.6 Å². The summed E-state index contributed by atoms with van der Waals surface area (Å²) in [6, 6.07) is 0. The van der Waals surface area contributed by atoms with Gasteiger partial charge in [-0.2, -0.15) is 0 Å². The third-order valence-corrected chi connectivity index (χ3v) is 5.22. The molecule has 1 fully saturated rings. The van der Waals surface area contributed by atoms with E-state index in [1.807, 2.05) is 34.6 Å². The Morgan fingerprint density at radius 1 is 1.15 bits per heavy atom. The molecule has 0 heterocycles. The predicted octanol–water partition coefficient (Wildman–Crippen LogP) is 2.79. The van der Waals surface area contributed by atoms with Crippen molar-refractivity contribution in [2.24, 2.45) is 17.8 Å². The van der Waals surface area contributed by atoms with E-state index in [-0.39, 0.29) is 12.8 Å². The van der Waals surface area contributed by atoms with Crippen LogP contribution in [-0.4, -0.2) is 39.3 Å². The van der Waals surface area contributed by atoms with Gasteiger partial charge in [0.1, 0.15) is 5.92 Å². The zero-order valence-corrected chi connectivity index (χ0v) is 16.7. The number of carbonyl (C=O) groups excluding carboxylic acids is 3. The number of allylic oxidation sites excluding steroid dienone is 3. The molecule has 0 aliphatic heterocycles. The van der Waals surface area contributed by atoms with Crippen LogP contribution in [0, 0.1) is 17.8 Å². The maximum Gasteiger partial charge on any atom is 0.185 e. The molecule has 0 saturated heterocycles. The molecule has 26 heavy (non-hydrogen) atoms. The molecule has 1 aliphatic carbocycles. The third-order valence-electron chi connectivity index (χ3n) is 5.22. The highest BCUT2D eigenvalue weighted by molar-refractivity contribution is 6.28. The molecule has 5 nitrogen and oxygen atoms in total. The molecular formula is C21H32O5. The minimum atomic E-state index is -2.23. The van der Waals surface area contributed by atoms with E-state index in [9.17, 15) is 24.6 Å². The van der Waals surface area contributed by atoms with Crippen LogP contribution in [0.3, 0.4) is 0 Å². The fourth-order valence-corrected chi connectivity index (χ4v) is 3.28. The molecular weight excluding hydrogens is 332 g/mol. The maximum absolute atomic E-state index is 12.9. The first kappa shape index (κ1) is 22.5. The summed E-state index contributed by atoms with van der Waals surface area (Å²) < 4.78 is 0. The molecule has 146 valence electrons. The highest BCUT2D eigenvalue weighted by Crippen LogP contribution is 2.41. The van der Waals surface area contributed by atoms with Crippen LogP contribution >= 0.6 is 0 Å². The van der Waals surface area contributed by atoms with Crippen LogP contribution in [0.25, 0.3) is 0 Å². The number of hydrogen-bond donors (Lipinski definition) is 2. The fourth-order valence-electron chi connectivity index (χ4n) is 3.28.